The Balaban J connectivity index is 1.55. The van der Waals surface area contributed by atoms with Crippen LogP contribution in [0.2, 0.25) is 5.02 Å². The SMILES string of the molecule is COc1cc(/C=C(\C#N)C(=O)Nc2sc3c(c2C#N)CCCC3)cc(Br)c1OCc1ccc(Cl)cc1. The van der Waals surface area contributed by atoms with Crippen molar-refractivity contribution in [3.05, 3.63) is 78.6 Å². The Labute approximate surface area is 226 Å². The number of anilines is 1. The molecule has 1 heterocycles. The van der Waals surface area contributed by atoms with E-state index < -0.39 is 5.91 Å². The second-order valence-corrected chi connectivity index (χ2v) is 10.5. The number of methoxy groups -OCH3 is 1. The molecule has 1 aromatic heterocycles. The van der Waals surface area contributed by atoms with Crippen LogP contribution in [0.25, 0.3) is 6.08 Å². The van der Waals surface area contributed by atoms with Crippen molar-refractivity contribution in [2.24, 2.45) is 0 Å². The molecular weight excluding hydrogens is 562 g/mol. The van der Waals surface area contributed by atoms with Crippen LogP contribution in [0.3, 0.4) is 0 Å². The number of hydrogen-bond acceptors (Lipinski definition) is 6. The van der Waals surface area contributed by atoms with E-state index in [2.05, 4.69) is 27.3 Å². The van der Waals surface area contributed by atoms with E-state index in [-0.39, 0.29) is 5.57 Å². The zero-order valence-electron chi connectivity index (χ0n) is 19.4. The predicted molar refractivity (Wildman–Crippen MR) is 144 cm³/mol. The minimum absolute atomic E-state index is 0.0888. The third kappa shape index (κ3) is 5.74. The summed E-state index contributed by atoms with van der Waals surface area (Å²) in [6, 6.07) is 15.0. The highest BCUT2D eigenvalue weighted by atomic mass is 79.9. The lowest BCUT2D eigenvalue weighted by Gasteiger charge is -2.14. The van der Waals surface area contributed by atoms with Gasteiger partial charge >= 0.3 is 0 Å². The van der Waals surface area contributed by atoms with Crippen LogP contribution in [0.1, 0.15) is 40.0 Å². The minimum atomic E-state index is -0.564. The van der Waals surface area contributed by atoms with Gasteiger partial charge in [-0.2, -0.15) is 10.5 Å². The molecule has 6 nitrogen and oxygen atoms in total. The maximum absolute atomic E-state index is 12.9. The lowest BCUT2D eigenvalue weighted by molar-refractivity contribution is -0.112. The smallest absolute Gasteiger partial charge is 0.266 e. The number of rotatable bonds is 7. The third-order valence-corrected chi connectivity index (χ3v) is 7.78. The Kier molecular flexibility index (Phi) is 8.32. The van der Waals surface area contributed by atoms with Gasteiger partial charge in [-0.05, 0) is 88.6 Å². The average Bonchev–Trinajstić information content (AvgIpc) is 3.24. The van der Waals surface area contributed by atoms with Crippen LogP contribution in [0.4, 0.5) is 5.00 Å². The minimum Gasteiger partial charge on any atom is -0.493 e. The molecule has 0 fully saturated rings. The Morgan fingerprint density at radius 2 is 1.97 bits per heavy atom. The van der Waals surface area contributed by atoms with E-state index in [4.69, 9.17) is 21.1 Å². The molecule has 1 N–H and O–H groups in total. The third-order valence-electron chi connectivity index (χ3n) is 5.73. The van der Waals surface area contributed by atoms with E-state index in [1.165, 1.54) is 24.5 Å². The van der Waals surface area contributed by atoms with Crippen LogP contribution >= 0.6 is 38.9 Å². The number of fused-ring (bicyclic) bond motifs is 1. The fourth-order valence-electron chi connectivity index (χ4n) is 3.96. The first-order valence-electron chi connectivity index (χ1n) is 11.2. The van der Waals surface area contributed by atoms with Crippen molar-refractivity contribution in [1.29, 1.82) is 10.5 Å². The fourth-order valence-corrected chi connectivity index (χ4v) is 5.89. The summed E-state index contributed by atoms with van der Waals surface area (Å²) in [5.41, 5.74) is 2.96. The van der Waals surface area contributed by atoms with E-state index in [1.54, 1.807) is 24.3 Å². The van der Waals surface area contributed by atoms with Crippen molar-refractivity contribution in [1.82, 2.24) is 0 Å². The van der Waals surface area contributed by atoms with Crippen LogP contribution in [0.5, 0.6) is 11.5 Å². The molecule has 3 aromatic rings. The Morgan fingerprint density at radius 3 is 2.67 bits per heavy atom. The topological polar surface area (TPSA) is 95.1 Å². The van der Waals surface area contributed by atoms with E-state index >= 15 is 0 Å². The number of nitriles is 2. The monoisotopic (exact) mass is 581 g/mol. The lowest BCUT2D eigenvalue weighted by Crippen LogP contribution is -2.13. The first-order valence-corrected chi connectivity index (χ1v) is 13.1. The van der Waals surface area contributed by atoms with Gasteiger partial charge in [0, 0.05) is 9.90 Å². The van der Waals surface area contributed by atoms with Gasteiger partial charge in [0.2, 0.25) is 0 Å². The maximum atomic E-state index is 12.9. The molecule has 4 rings (SSSR count). The molecule has 1 aliphatic carbocycles. The van der Waals surface area contributed by atoms with E-state index in [9.17, 15) is 15.3 Å². The van der Waals surface area contributed by atoms with E-state index in [1.807, 2.05) is 18.2 Å². The molecule has 1 amide bonds. The summed E-state index contributed by atoms with van der Waals surface area (Å²) in [7, 11) is 1.52. The zero-order chi connectivity index (χ0) is 25.7. The molecule has 36 heavy (non-hydrogen) atoms. The molecule has 182 valence electrons. The summed E-state index contributed by atoms with van der Waals surface area (Å²) < 4.78 is 12.1. The molecule has 0 saturated carbocycles. The number of amides is 1. The fraction of sp³-hybridized carbons (Fsp3) is 0.222. The predicted octanol–water partition coefficient (Wildman–Crippen LogP) is 7.05. The highest BCUT2D eigenvalue weighted by molar-refractivity contribution is 9.10. The summed E-state index contributed by atoms with van der Waals surface area (Å²) in [6.07, 6.45) is 5.33. The van der Waals surface area contributed by atoms with Crippen LogP contribution < -0.4 is 14.8 Å². The molecular formula is C27H21BrClN3O3S. The van der Waals surface area contributed by atoms with Crippen molar-refractivity contribution in [2.45, 2.75) is 32.3 Å². The molecule has 0 unspecified atom stereocenters. The van der Waals surface area contributed by atoms with Gasteiger partial charge in [-0.3, -0.25) is 4.79 Å². The van der Waals surface area contributed by atoms with Gasteiger partial charge in [-0.25, -0.2) is 0 Å². The van der Waals surface area contributed by atoms with Gasteiger partial charge in [0.15, 0.2) is 11.5 Å². The van der Waals surface area contributed by atoms with Gasteiger partial charge in [0.25, 0.3) is 5.91 Å². The second kappa shape index (κ2) is 11.6. The number of hydrogen-bond donors (Lipinski definition) is 1. The van der Waals surface area contributed by atoms with Crippen LogP contribution in [-0.2, 0) is 24.2 Å². The maximum Gasteiger partial charge on any atom is 0.266 e. The molecule has 0 atom stereocenters. The van der Waals surface area contributed by atoms with Crippen molar-refractivity contribution in [3.8, 4) is 23.6 Å². The molecule has 2 aromatic carbocycles. The number of thiophene rings is 1. The quantitative estimate of drug-likeness (QED) is 0.238. The number of nitrogens with zero attached hydrogens (tertiary/aromatic N) is 2. The second-order valence-electron chi connectivity index (χ2n) is 8.10. The van der Waals surface area contributed by atoms with Crippen LogP contribution in [0.15, 0.2) is 46.4 Å². The highest BCUT2D eigenvalue weighted by Crippen LogP contribution is 2.39. The van der Waals surface area contributed by atoms with Gasteiger partial charge in [-0.15, -0.1) is 11.3 Å². The molecule has 0 radical (unpaired) electrons. The number of nitrogens with one attached hydrogen (secondary N) is 1. The summed E-state index contributed by atoms with van der Waals surface area (Å²) in [4.78, 5) is 14.1. The van der Waals surface area contributed by atoms with Crippen molar-refractivity contribution >= 4 is 55.9 Å². The number of carbonyl (C=O) groups is 1. The normalized spacial score (nSPS) is 12.8. The highest BCUT2D eigenvalue weighted by Gasteiger charge is 2.23. The largest absolute Gasteiger partial charge is 0.493 e. The number of halogens is 2. The van der Waals surface area contributed by atoms with Gasteiger partial charge < -0.3 is 14.8 Å². The molecule has 0 saturated heterocycles. The Bertz CT molecular complexity index is 1420. The zero-order valence-corrected chi connectivity index (χ0v) is 22.5. The number of ether oxygens (including phenoxy) is 2. The summed E-state index contributed by atoms with van der Waals surface area (Å²) in [5, 5.41) is 23.2. The summed E-state index contributed by atoms with van der Waals surface area (Å²) in [6.45, 7) is 0.305. The lowest BCUT2D eigenvalue weighted by atomic mass is 9.96. The van der Waals surface area contributed by atoms with E-state index in [0.29, 0.717) is 43.7 Å². The van der Waals surface area contributed by atoms with Gasteiger partial charge in [0.1, 0.15) is 29.3 Å². The molecule has 1 aliphatic rings. The van der Waals surface area contributed by atoms with Gasteiger partial charge in [0.05, 0.1) is 17.1 Å². The van der Waals surface area contributed by atoms with Crippen molar-refractivity contribution in [2.75, 3.05) is 12.4 Å². The summed E-state index contributed by atoms with van der Waals surface area (Å²) >= 11 is 10.9. The Hall–Kier alpha value is -3.30. The first kappa shape index (κ1) is 25.8. The van der Waals surface area contributed by atoms with Crippen molar-refractivity contribution < 1.29 is 14.3 Å². The molecule has 0 bridgehead atoms. The number of aryl methyl sites for hydroxylation is 1. The van der Waals surface area contributed by atoms with Crippen LogP contribution in [0, 0.1) is 22.7 Å². The molecule has 0 spiro atoms. The number of benzene rings is 2. The first-order chi connectivity index (χ1) is 17.4. The van der Waals surface area contributed by atoms with Crippen molar-refractivity contribution in [3.63, 3.8) is 0 Å². The molecule has 0 aliphatic heterocycles. The van der Waals surface area contributed by atoms with Crippen LogP contribution in [-0.4, -0.2) is 13.0 Å². The average molecular weight is 583 g/mol. The van der Waals surface area contributed by atoms with Gasteiger partial charge in [-0.1, -0.05) is 23.7 Å². The van der Waals surface area contributed by atoms with E-state index in [0.717, 1.165) is 41.7 Å². The Morgan fingerprint density at radius 1 is 1.22 bits per heavy atom. The standard InChI is InChI=1S/C27H21BrClN3O3S/c1-34-23-12-17(11-22(28)25(23)35-15-16-6-8-19(29)9-7-16)10-18(13-30)26(33)32-27-21(14-31)20-4-2-3-5-24(20)36-27/h6-12H,2-5,15H2,1H3,(H,32,33)/b18-10+. The number of carbonyl (C=O) groups excluding carboxylic acids is 1. The summed E-state index contributed by atoms with van der Waals surface area (Å²) in [5.74, 6) is 0.376. The molecule has 9 heteroatoms.